The molecule has 0 aliphatic rings. The van der Waals surface area contributed by atoms with E-state index in [1.54, 1.807) is 6.08 Å². The lowest BCUT2D eigenvalue weighted by Gasteiger charge is -2.01. The van der Waals surface area contributed by atoms with Gasteiger partial charge in [-0.15, -0.1) is 18.9 Å². The van der Waals surface area contributed by atoms with Crippen LogP contribution in [0.3, 0.4) is 0 Å². The number of terminal acetylenes is 1. The Kier molecular flexibility index (Phi) is 4.01. The first-order valence-electron chi connectivity index (χ1n) is 2.61. The molecule has 0 fully saturated rings. The van der Waals surface area contributed by atoms with Gasteiger partial charge in [0.25, 0.3) is 0 Å². The molecule has 0 radical (unpaired) electrons. The van der Waals surface area contributed by atoms with Gasteiger partial charge in [0.1, 0.15) is 0 Å². The summed E-state index contributed by atoms with van der Waals surface area (Å²) in [6.07, 6.45) is 7.53. The van der Waals surface area contributed by atoms with Crippen LogP contribution in [0.15, 0.2) is 12.7 Å². The van der Waals surface area contributed by atoms with Crippen molar-refractivity contribution in [2.24, 2.45) is 11.7 Å². The standard InChI is InChI=1S/C7H11N/c1-3-5-7(4-2)6-8/h1,4,7H,2,5-6,8H2. The predicted octanol–water partition coefficient (Wildman–Crippen LogP) is 0.771. The number of rotatable bonds is 3. The van der Waals surface area contributed by atoms with Gasteiger partial charge >= 0.3 is 0 Å². The largest absolute Gasteiger partial charge is 0.330 e. The Hall–Kier alpha value is -0.740. The quantitative estimate of drug-likeness (QED) is 0.420. The second kappa shape index (κ2) is 4.42. The highest BCUT2D eigenvalue weighted by atomic mass is 14.5. The monoisotopic (exact) mass is 109 g/mol. The smallest absolute Gasteiger partial charge is 0.0161 e. The van der Waals surface area contributed by atoms with Gasteiger partial charge in [0.15, 0.2) is 0 Å². The number of hydrogen-bond acceptors (Lipinski definition) is 1. The third-order valence-electron chi connectivity index (χ3n) is 1.02. The summed E-state index contributed by atoms with van der Waals surface area (Å²) in [5.41, 5.74) is 5.30. The fourth-order valence-corrected chi connectivity index (χ4v) is 0.414. The van der Waals surface area contributed by atoms with Crippen LogP contribution >= 0.6 is 0 Å². The van der Waals surface area contributed by atoms with Gasteiger partial charge in [-0.1, -0.05) is 6.08 Å². The third-order valence-corrected chi connectivity index (χ3v) is 1.02. The molecule has 0 saturated heterocycles. The van der Waals surface area contributed by atoms with Gasteiger partial charge < -0.3 is 5.73 Å². The lowest BCUT2D eigenvalue weighted by molar-refractivity contribution is 0.688. The van der Waals surface area contributed by atoms with Crippen LogP contribution in [0.1, 0.15) is 6.42 Å². The zero-order valence-corrected chi connectivity index (χ0v) is 4.93. The third kappa shape index (κ3) is 2.44. The molecule has 1 atom stereocenters. The molecule has 0 aromatic carbocycles. The Morgan fingerprint density at radius 1 is 1.88 bits per heavy atom. The Morgan fingerprint density at radius 2 is 2.50 bits per heavy atom. The topological polar surface area (TPSA) is 26.0 Å². The van der Waals surface area contributed by atoms with E-state index in [1.165, 1.54) is 0 Å². The molecule has 0 aliphatic heterocycles. The van der Waals surface area contributed by atoms with Gasteiger partial charge in [-0.3, -0.25) is 0 Å². The van der Waals surface area contributed by atoms with Crippen LogP contribution in [0.2, 0.25) is 0 Å². The van der Waals surface area contributed by atoms with Crippen molar-refractivity contribution in [1.82, 2.24) is 0 Å². The van der Waals surface area contributed by atoms with E-state index >= 15 is 0 Å². The van der Waals surface area contributed by atoms with Crippen molar-refractivity contribution in [3.05, 3.63) is 12.7 Å². The van der Waals surface area contributed by atoms with E-state index in [1.807, 2.05) is 0 Å². The molecule has 1 unspecified atom stereocenters. The molecule has 0 bridgehead atoms. The first kappa shape index (κ1) is 7.26. The maximum Gasteiger partial charge on any atom is 0.0161 e. The lowest BCUT2D eigenvalue weighted by Crippen LogP contribution is -2.10. The minimum absolute atomic E-state index is 0.306. The van der Waals surface area contributed by atoms with Crippen molar-refractivity contribution in [2.75, 3.05) is 6.54 Å². The highest BCUT2D eigenvalue weighted by Crippen LogP contribution is 1.98. The van der Waals surface area contributed by atoms with E-state index in [0.717, 1.165) is 0 Å². The molecule has 0 amide bonds. The van der Waals surface area contributed by atoms with Crippen molar-refractivity contribution in [3.8, 4) is 12.3 Å². The first-order chi connectivity index (χ1) is 3.85. The lowest BCUT2D eigenvalue weighted by atomic mass is 10.1. The van der Waals surface area contributed by atoms with Crippen LogP contribution in [0.4, 0.5) is 0 Å². The van der Waals surface area contributed by atoms with E-state index in [2.05, 4.69) is 12.5 Å². The molecule has 1 heteroatoms. The van der Waals surface area contributed by atoms with E-state index in [4.69, 9.17) is 12.2 Å². The summed E-state index contributed by atoms with van der Waals surface area (Å²) in [4.78, 5) is 0. The second-order valence-electron chi connectivity index (χ2n) is 1.64. The molecule has 0 heterocycles. The molecule has 0 rings (SSSR count). The first-order valence-corrected chi connectivity index (χ1v) is 2.61. The normalized spacial score (nSPS) is 12.0. The summed E-state index contributed by atoms with van der Waals surface area (Å²) in [7, 11) is 0. The maximum atomic E-state index is 5.30. The summed E-state index contributed by atoms with van der Waals surface area (Å²) < 4.78 is 0. The van der Waals surface area contributed by atoms with Crippen LogP contribution in [0.5, 0.6) is 0 Å². The van der Waals surface area contributed by atoms with Gasteiger partial charge in [0.05, 0.1) is 0 Å². The molecular formula is C7H11N. The SMILES string of the molecule is C#CCC(C=C)CN. The highest BCUT2D eigenvalue weighted by Gasteiger charge is 1.95. The van der Waals surface area contributed by atoms with E-state index in [0.29, 0.717) is 18.9 Å². The molecular weight excluding hydrogens is 98.1 g/mol. The summed E-state index contributed by atoms with van der Waals surface area (Å²) in [6.45, 7) is 4.18. The Balaban J connectivity index is 3.40. The summed E-state index contributed by atoms with van der Waals surface area (Å²) in [5, 5.41) is 0. The molecule has 0 aliphatic carbocycles. The van der Waals surface area contributed by atoms with Crippen molar-refractivity contribution in [3.63, 3.8) is 0 Å². The molecule has 1 nitrogen and oxygen atoms in total. The van der Waals surface area contributed by atoms with Crippen LogP contribution < -0.4 is 5.73 Å². The molecule has 44 valence electrons. The minimum atomic E-state index is 0.306. The minimum Gasteiger partial charge on any atom is -0.330 e. The Labute approximate surface area is 50.6 Å². The average Bonchev–Trinajstić information content (AvgIpc) is 1.83. The molecule has 0 aromatic heterocycles. The zero-order valence-electron chi connectivity index (χ0n) is 4.93. The summed E-state index contributed by atoms with van der Waals surface area (Å²) in [5.74, 6) is 2.82. The fraction of sp³-hybridized carbons (Fsp3) is 0.429. The van der Waals surface area contributed by atoms with Gasteiger partial charge in [-0.25, -0.2) is 0 Å². The maximum absolute atomic E-state index is 5.30. The fourth-order valence-electron chi connectivity index (χ4n) is 0.414. The number of nitrogens with two attached hydrogens (primary N) is 1. The van der Waals surface area contributed by atoms with E-state index in [9.17, 15) is 0 Å². The van der Waals surface area contributed by atoms with Gasteiger partial charge in [0.2, 0.25) is 0 Å². The second-order valence-corrected chi connectivity index (χ2v) is 1.64. The predicted molar refractivity (Wildman–Crippen MR) is 36.2 cm³/mol. The molecule has 8 heavy (non-hydrogen) atoms. The number of hydrogen-bond donors (Lipinski definition) is 1. The van der Waals surface area contributed by atoms with Crippen molar-refractivity contribution < 1.29 is 0 Å². The van der Waals surface area contributed by atoms with Crippen molar-refractivity contribution in [1.29, 1.82) is 0 Å². The van der Waals surface area contributed by atoms with E-state index in [-0.39, 0.29) is 0 Å². The van der Waals surface area contributed by atoms with Gasteiger partial charge in [0, 0.05) is 6.42 Å². The highest BCUT2D eigenvalue weighted by molar-refractivity contribution is 4.93. The van der Waals surface area contributed by atoms with Crippen molar-refractivity contribution >= 4 is 0 Å². The van der Waals surface area contributed by atoms with Crippen LogP contribution in [-0.2, 0) is 0 Å². The van der Waals surface area contributed by atoms with Crippen LogP contribution in [-0.4, -0.2) is 6.54 Å². The average molecular weight is 109 g/mol. The molecule has 0 aromatic rings. The summed E-state index contributed by atoms with van der Waals surface area (Å²) in [6, 6.07) is 0. The van der Waals surface area contributed by atoms with Crippen molar-refractivity contribution in [2.45, 2.75) is 6.42 Å². The molecule has 0 spiro atoms. The van der Waals surface area contributed by atoms with Gasteiger partial charge in [-0.2, -0.15) is 0 Å². The summed E-state index contributed by atoms with van der Waals surface area (Å²) >= 11 is 0. The van der Waals surface area contributed by atoms with Crippen LogP contribution in [0, 0.1) is 18.3 Å². The van der Waals surface area contributed by atoms with Gasteiger partial charge in [-0.05, 0) is 12.5 Å². The van der Waals surface area contributed by atoms with Crippen LogP contribution in [0.25, 0.3) is 0 Å². The Bertz CT molecular complexity index is 99.4. The zero-order chi connectivity index (χ0) is 6.41. The molecule has 0 saturated carbocycles. The Morgan fingerprint density at radius 3 is 2.62 bits per heavy atom. The van der Waals surface area contributed by atoms with E-state index < -0.39 is 0 Å². The molecule has 2 N–H and O–H groups in total.